The van der Waals surface area contributed by atoms with Crippen molar-refractivity contribution in [1.29, 1.82) is 0 Å². The van der Waals surface area contributed by atoms with Crippen LogP contribution in [0.25, 0.3) is 0 Å². The van der Waals surface area contributed by atoms with Crippen LogP contribution < -0.4 is 0 Å². The number of hydrogen-bond donors (Lipinski definition) is 2. The monoisotopic (exact) mass is 393 g/mol. The number of unbranched alkanes of at least 4 members (excludes halogenated alkanes) is 3. The summed E-state index contributed by atoms with van der Waals surface area (Å²) < 4.78 is 25.2. The number of hydrogen-bond acceptors (Lipinski definition) is 4. The van der Waals surface area contributed by atoms with E-state index < -0.39 is 16.0 Å². The highest BCUT2D eigenvalue weighted by Crippen LogP contribution is 2.22. The Morgan fingerprint density at radius 1 is 0.962 bits per heavy atom. The molecule has 0 aromatic heterocycles. The summed E-state index contributed by atoms with van der Waals surface area (Å²) in [7, 11) is -3.25. The molecule has 0 saturated carbocycles. The van der Waals surface area contributed by atoms with Gasteiger partial charge >= 0.3 is 5.97 Å². The van der Waals surface area contributed by atoms with E-state index in [-0.39, 0.29) is 17.9 Å². The molecule has 0 aromatic rings. The molecule has 0 radical (unpaired) electrons. The number of aliphatic hydroxyl groups is 1. The lowest BCUT2D eigenvalue weighted by molar-refractivity contribution is -0.137. The topological polar surface area (TPSA) is 94.9 Å². The van der Waals surface area contributed by atoms with Crippen LogP contribution in [0, 0.1) is 5.41 Å². The highest BCUT2D eigenvalue weighted by Gasteiger charge is 2.17. The van der Waals surface area contributed by atoms with E-state index in [1.165, 1.54) is 10.6 Å². The van der Waals surface area contributed by atoms with Crippen molar-refractivity contribution in [2.75, 3.05) is 19.3 Å². The summed E-state index contributed by atoms with van der Waals surface area (Å²) in [5, 5.41) is 18.7. The van der Waals surface area contributed by atoms with Gasteiger partial charge in [-0.3, -0.25) is 4.79 Å². The average Bonchev–Trinajstić information content (AvgIpc) is 2.46. The van der Waals surface area contributed by atoms with E-state index >= 15 is 0 Å². The smallest absolute Gasteiger partial charge is 0.303 e. The lowest BCUT2D eigenvalue weighted by atomic mass is 9.89. The van der Waals surface area contributed by atoms with Crippen molar-refractivity contribution >= 4 is 16.0 Å². The van der Waals surface area contributed by atoms with Gasteiger partial charge < -0.3 is 10.2 Å². The van der Waals surface area contributed by atoms with Crippen molar-refractivity contribution < 1.29 is 23.4 Å². The van der Waals surface area contributed by atoms with E-state index in [2.05, 4.69) is 20.8 Å². The molecular formula is C19H39NO5S. The molecule has 0 aromatic carbocycles. The van der Waals surface area contributed by atoms with E-state index in [0.717, 1.165) is 38.5 Å². The van der Waals surface area contributed by atoms with E-state index in [1.54, 1.807) is 0 Å². The summed E-state index contributed by atoms with van der Waals surface area (Å²) in [6.07, 6.45) is 8.12. The van der Waals surface area contributed by atoms with E-state index in [9.17, 15) is 18.3 Å². The summed E-state index contributed by atoms with van der Waals surface area (Å²) in [4.78, 5) is 10.5. The number of carbonyl (C=O) groups is 1. The molecule has 156 valence electrons. The number of carboxylic acid groups (broad SMARTS) is 1. The Labute approximate surface area is 160 Å². The van der Waals surface area contributed by atoms with Gasteiger partial charge in [0.25, 0.3) is 0 Å². The number of aliphatic carboxylic acids is 1. The molecule has 1 unspecified atom stereocenters. The Kier molecular flexibility index (Phi) is 12.4. The Morgan fingerprint density at radius 3 is 2.04 bits per heavy atom. The Balaban J connectivity index is 4.03. The summed E-state index contributed by atoms with van der Waals surface area (Å²) in [5.41, 5.74) is 0.275. The van der Waals surface area contributed by atoms with Gasteiger partial charge in [-0.15, -0.1) is 0 Å². The maximum Gasteiger partial charge on any atom is 0.303 e. The van der Waals surface area contributed by atoms with Gasteiger partial charge in [0.15, 0.2) is 0 Å². The van der Waals surface area contributed by atoms with E-state index in [4.69, 9.17) is 5.11 Å². The fourth-order valence-corrected chi connectivity index (χ4v) is 3.80. The third kappa shape index (κ3) is 15.6. The van der Waals surface area contributed by atoms with Crippen molar-refractivity contribution in [3.05, 3.63) is 0 Å². The molecule has 0 aliphatic heterocycles. The van der Waals surface area contributed by atoms with E-state index in [0.29, 0.717) is 32.4 Å². The molecule has 1 atom stereocenters. The zero-order chi connectivity index (χ0) is 20.2. The molecule has 0 amide bonds. The van der Waals surface area contributed by atoms with Crippen LogP contribution in [0.5, 0.6) is 0 Å². The van der Waals surface area contributed by atoms with Crippen LogP contribution >= 0.6 is 0 Å². The molecule has 0 aliphatic carbocycles. The minimum atomic E-state index is -3.25. The maximum atomic E-state index is 11.9. The van der Waals surface area contributed by atoms with Crippen molar-refractivity contribution in [2.24, 2.45) is 5.41 Å². The third-order valence-corrected chi connectivity index (χ3v) is 5.73. The molecule has 6 nitrogen and oxygen atoms in total. The quantitative estimate of drug-likeness (QED) is 0.414. The molecule has 0 bridgehead atoms. The van der Waals surface area contributed by atoms with Gasteiger partial charge in [0.05, 0.1) is 12.4 Å². The first-order valence-electron chi connectivity index (χ1n) is 9.77. The molecule has 0 rings (SSSR count). The molecule has 0 aliphatic rings. The molecule has 26 heavy (non-hydrogen) atoms. The molecule has 0 heterocycles. The summed E-state index contributed by atoms with van der Waals surface area (Å²) in [6, 6.07) is 0. The van der Waals surface area contributed by atoms with Gasteiger partial charge in [-0.2, -0.15) is 0 Å². The van der Waals surface area contributed by atoms with Crippen LogP contribution in [0.2, 0.25) is 0 Å². The molecule has 7 heteroatoms. The molecule has 0 spiro atoms. The van der Waals surface area contributed by atoms with Crippen molar-refractivity contribution in [2.45, 2.75) is 91.1 Å². The largest absolute Gasteiger partial charge is 0.481 e. The number of nitrogens with zero attached hydrogens (tertiary/aromatic N) is 1. The Morgan fingerprint density at radius 2 is 1.50 bits per heavy atom. The van der Waals surface area contributed by atoms with E-state index in [1.807, 2.05) is 0 Å². The number of sulfonamides is 1. The SMILES string of the molecule is CC(C)(C)CCCC(O)CCCN(CCCCCCC(=O)O)S(C)(=O)=O. The normalized spacial score (nSPS) is 13.9. The van der Waals surface area contributed by atoms with Gasteiger partial charge in [-0.05, 0) is 43.9 Å². The standard InChI is InChI=1S/C19H39NO5S/c1-19(2,3)14-9-11-17(21)12-10-16-20(26(4,24)25)15-8-6-5-7-13-18(22)23/h17,21H,5-16H2,1-4H3,(H,22,23). The van der Waals surface area contributed by atoms with Gasteiger partial charge in [0.1, 0.15) is 0 Å². The van der Waals surface area contributed by atoms with Gasteiger partial charge in [0.2, 0.25) is 10.0 Å². The second kappa shape index (κ2) is 12.7. The average molecular weight is 394 g/mol. The fourth-order valence-electron chi connectivity index (χ4n) is 2.88. The second-order valence-corrected chi connectivity index (χ2v) is 10.5. The van der Waals surface area contributed by atoms with Crippen LogP contribution in [0.3, 0.4) is 0 Å². The highest BCUT2D eigenvalue weighted by molar-refractivity contribution is 7.88. The lowest BCUT2D eigenvalue weighted by Crippen LogP contribution is -2.32. The van der Waals surface area contributed by atoms with Crippen molar-refractivity contribution in [3.63, 3.8) is 0 Å². The van der Waals surface area contributed by atoms with Crippen LogP contribution in [0.1, 0.15) is 85.0 Å². The molecule has 0 saturated heterocycles. The van der Waals surface area contributed by atoms with Gasteiger partial charge in [0, 0.05) is 19.5 Å². The minimum Gasteiger partial charge on any atom is -0.481 e. The molecular weight excluding hydrogens is 354 g/mol. The summed E-state index contributed by atoms with van der Waals surface area (Å²) in [6.45, 7) is 7.46. The zero-order valence-electron chi connectivity index (χ0n) is 17.0. The highest BCUT2D eigenvalue weighted by atomic mass is 32.2. The number of aliphatic hydroxyl groups excluding tert-OH is 1. The van der Waals surface area contributed by atoms with Crippen LogP contribution in [-0.4, -0.2) is 54.4 Å². The maximum absolute atomic E-state index is 11.9. The predicted octanol–water partition coefficient (Wildman–Crippen LogP) is 3.64. The first-order chi connectivity index (χ1) is 11.9. The van der Waals surface area contributed by atoms with Crippen LogP contribution in [0.4, 0.5) is 0 Å². The second-order valence-electron chi connectivity index (χ2n) is 8.47. The Bertz CT molecular complexity index is 485. The summed E-state index contributed by atoms with van der Waals surface area (Å²) >= 11 is 0. The zero-order valence-corrected chi connectivity index (χ0v) is 17.9. The van der Waals surface area contributed by atoms with Gasteiger partial charge in [-0.1, -0.05) is 40.0 Å². The third-order valence-electron chi connectivity index (χ3n) is 4.43. The molecule has 0 fully saturated rings. The van der Waals surface area contributed by atoms with Crippen molar-refractivity contribution in [3.8, 4) is 0 Å². The number of carboxylic acids is 1. The summed E-state index contributed by atoms with van der Waals surface area (Å²) in [5.74, 6) is -0.788. The van der Waals surface area contributed by atoms with Crippen molar-refractivity contribution in [1.82, 2.24) is 4.31 Å². The predicted molar refractivity (Wildman–Crippen MR) is 106 cm³/mol. The van der Waals surface area contributed by atoms with Gasteiger partial charge in [-0.25, -0.2) is 12.7 Å². The lowest BCUT2D eigenvalue weighted by Gasteiger charge is -2.21. The molecule has 2 N–H and O–H groups in total. The minimum absolute atomic E-state index is 0.170. The van der Waals surface area contributed by atoms with Crippen LogP contribution in [-0.2, 0) is 14.8 Å². The number of rotatable bonds is 15. The van der Waals surface area contributed by atoms with Crippen LogP contribution in [0.15, 0.2) is 0 Å². The fraction of sp³-hybridized carbons (Fsp3) is 0.947. The first-order valence-corrected chi connectivity index (χ1v) is 11.6. The Hall–Kier alpha value is -0.660. The first kappa shape index (κ1) is 25.3.